The Labute approximate surface area is 172 Å². The minimum atomic E-state index is -0.0414. The van der Waals surface area contributed by atoms with E-state index in [0.717, 1.165) is 70.8 Å². The molecule has 3 heterocycles. The Morgan fingerprint density at radius 2 is 1.93 bits per heavy atom. The van der Waals surface area contributed by atoms with E-state index in [4.69, 9.17) is 4.74 Å². The maximum absolute atomic E-state index is 11.7. The van der Waals surface area contributed by atoms with Crippen LogP contribution in [-0.2, 0) is 11.3 Å². The molecule has 0 radical (unpaired) electrons. The fraction of sp³-hybridized carbons (Fsp3) is 0.565. The number of nitrogens with zero attached hydrogens (tertiary/aromatic N) is 3. The average molecular weight is 397 g/mol. The van der Waals surface area contributed by atoms with Gasteiger partial charge in [-0.2, -0.15) is 0 Å². The van der Waals surface area contributed by atoms with Gasteiger partial charge in [0.2, 0.25) is 0 Å². The highest BCUT2D eigenvalue weighted by Gasteiger charge is 2.26. The Balaban J connectivity index is 1.29. The van der Waals surface area contributed by atoms with Crippen molar-refractivity contribution >= 4 is 0 Å². The van der Waals surface area contributed by atoms with Gasteiger partial charge >= 0.3 is 0 Å². The summed E-state index contributed by atoms with van der Waals surface area (Å²) in [5.41, 5.74) is 2.28. The van der Waals surface area contributed by atoms with E-state index < -0.39 is 0 Å². The molecule has 0 spiro atoms. The third kappa shape index (κ3) is 5.75. The molecule has 1 atom stereocenters. The lowest BCUT2D eigenvalue weighted by atomic mass is 9.93. The first-order valence-corrected chi connectivity index (χ1v) is 10.8. The van der Waals surface area contributed by atoms with Crippen molar-refractivity contribution in [2.45, 2.75) is 44.8 Å². The summed E-state index contributed by atoms with van der Waals surface area (Å²) in [5, 5.41) is 0. The summed E-state index contributed by atoms with van der Waals surface area (Å²) in [5.74, 6) is 1.09. The molecule has 0 amide bonds. The van der Waals surface area contributed by atoms with Gasteiger partial charge < -0.3 is 14.6 Å². The lowest BCUT2D eigenvalue weighted by Crippen LogP contribution is -2.43. The number of hydrogen-bond acceptors (Lipinski definition) is 5. The molecule has 0 saturated carbocycles. The second-order valence-electron chi connectivity index (χ2n) is 8.40. The lowest BCUT2D eigenvalue weighted by Gasteiger charge is -2.34. The van der Waals surface area contributed by atoms with Gasteiger partial charge in [-0.25, -0.2) is 4.98 Å². The van der Waals surface area contributed by atoms with Gasteiger partial charge in [0.05, 0.1) is 11.8 Å². The second kappa shape index (κ2) is 9.65. The molecule has 1 aromatic carbocycles. The molecule has 156 valence electrons. The normalized spacial score (nSPS) is 22.4. The van der Waals surface area contributed by atoms with Crippen molar-refractivity contribution in [2.24, 2.45) is 0 Å². The van der Waals surface area contributed by atoms with Crippen LogP contribution in [0.4, 0.5) is 0 Å². The van der Waals surface area contributed by atoms with Crippen LogP contribution in [0.25, 0.3) is 0 Å². The van der Waals surface area contributed by atoms with Crippen molar-refractivity contribution in [3.05, 3.63) is 63.8 Å². The quantitative estimate of drug-likeness (QED) is 0.842. The molecule has 2 saturated heterocycles. The average Bonchev–Trinajstić information content (AvgIpc) is 2.93. The molecule has 2 fully saturated rings. The molecule has 1 N–H and O–H groups in total. The number of ether oxygens (including phenoxy) is 1. The van der Waals surface area contributed by atoms with Crippen LogP contribution in [0, 0.1) is 6.92 Å². The van der Waals surface area contributed by atoms with Crippen molar-refractivity contribution in [2.75, 3.05) is 39.3 Å². The van der Waals surface area contributed by atoms with E-state index in [-0.39, 0.29) is 11.7 Å². The number of aromatic amines is 1. The van der Waals surface area contributed by atoms with Crippen LogP contribution in [0.1, 0.15) is 42.3 Å². The van der Waals surface area contributed by atoms with Gasteiger partial charge in [-0.15, -0.1) is 0 Å². The Kier molecular flexibility index (Phi) is 6.74. The number of aryl methyl sites for hydroxylation is 1. The van der Waals surface area contributed by atoms with Gasteiger partial charge in [0.1, 0.15) is 5.82 Å². The summed E-state index contributed by atoms with van der Waals surface area (Å²) >= 11 is 0. The molecule has 4 rings (SSSR count). The van der Waals surface area contributed by atoms with Crippen molar-refractivity contribution < 1.29 is 4.74 Å². The third-order valence-corrected chi connectivity index (χ3v) is 6.03. The van der Waals surface area contributed by atoms with Crippen molar-refractivity contribution in [1.82, 2.24) is 19.8 Å². The first kappa shape index (κ1) is 20.3. The third-order valence-electron chi connectivity index (χ3n) is 6.03. The first-order valence-electron chi connectivity index (χ1n) is 10.8. The second-order valence-corrected chi connectivity index (χ2v) is 8.40. The number of H-pyrrole nitrogens is 1. The lowest BCUT2D eigenvalue weighted by molar-refractivity contribution is 0.0202. The van der Waals surface area contributed by atoms with Gasteiger partial charge in [0.15, 0.2) is 0 Å². The molecule has 2 aliphatic heterocycles. The van der Waals surface area contributed by atoms with Crippen LogP contribution >= 0.6 is 0 Å². The van der Waals surface area contributed by atoms with Crippen LogP contribution in [-0.4, -0.2) is 65.2 Å². The molecule has 2 aliphatic rings. The highest BCUT2D eigenvalue weighted by atomic mass is 16.5. The highest BCUT2D eigenvalue weighted by Crippen LogP contribution is 2.26. The van der Waals surface area contributed by atoms with Gasteiger partial charge in [-0.3, -0.25) is 9.69 Å². The Hall–Kier alpha value is -2.02. The largest absolute Gasteiger partial charge is 0.376 e. The van der Waals surface area contributed by atoms with Crippen molar-refractivity contribution in [1.29, 1.82) is 0 Å². The summed E-state index contributed by atoms with van der Waals surface area (Å²) in [4.78, 5) is 24.1. The number of piperidine rings is 1. The Morgan fingerprint density at radius 3 is 2.69 bits per heavy atom. The van der Waals surface area contributed by atoms with E-state index in [1.807, 2.05) is 6.92 Å². The summed E-state index contributed by atoms with van der Waals surface area (Å²) in [7, 11) is 0. The number of nitrogens with one attached hydrogen (secondary N) is 1. The molecule has 0 aliphatic carbocycles. The molecule has 6 nitrogen and oxygen atoms in total. The van der Waals surface area contributed by atoms with E-state index in [2.05, 4.69) is 50.1 Å². The number of benzene rings is 1. The molecule has 0 bridgehead atoms. The van der Waals surface area contributed by atoms with Gasteiger partial charge in [0, 0.05) is 44.8 Å². The molecular weight excluding hydrogens is 364 g/mol. The van der Waals surface area contributed by atoms with E-state index in [1.165, 1.54) is 5.56 Å². The van der Waals surface area contributed by atoms with Crippen LogP contribution in [0.3, 0.4) is 0 Å². The Bertz CT molecular complexity index is 830. The minimum Gasteiger partial charge on any atom is -0.376 e. The predicted molar refractivity (Wildman–Crippen MR) is 114 cm³/mol. The summed E-state index contributed by atoms with van der Waals surface area (Å²) in [6.45, 7) is 8.85. The SMILES string of the molecule is Cc1nc(C2CCN(CC3CN(Cc4ccccc4)CCCO3)CC2)cc(=O)[nH]1. The summed E-state index contributed by atoms with van der Waals surface area (Å²) < 4.78 is 6.18. The molecule has 2 aromatic rings. The first-order chi connectivity index (χ1) is 14.2. The van der Waals surface area contributed by atoms with E-state index >= 15 is 0 Å². The number of rotatable bonds is 5. The smallest absolute Gasteiger partial charge is 0.251 e. The zero-order valence-electron chi connectivity index (χ0n) is 17.3. The standard InChI is InChI=1S/C23H32N4O2/c1-18-24-22(14-23(28)25-18)20-8-11-26(12-9-20)16-21-17-27(10-5-13-29-21)15-19-6-3-2-4-7-19/h2-4,6-7,14,20-21H,5,8-13,15-17H2,1H3,(H,24,25,28). The number of aromatic nitrogens is 2. The van der Waals surface area contributed by atoms with E-state index in [9.17, 15) is 4.79 Å². The fourth-order valence-corrected chi connectivity index (χ4v) is 4.58. The van der Waals surface area contributed by atoms with Crippen LogP contribution < -0.4 is 5.56 Å². The molecule has 6 heteroatoms. The topological polar surface area (TPSA) is 61.5 Å². The predicted octanol–water partition coefficient (Wildman–Crippen LogP) is 2.55. The minimum absolute atomic E-state index is 0.0414. The Morgan fingerprint density at radius 1 is 1.14 bits per heavy atom. The summed E-state index contributed by atoms with van der Waals surface area (Å²) in [6, 6.07) is 12.4. The molecular formula is C23H32N4O2. The van der Waals surface area contributed by atoms with Gasteiger partial charge in [-0.05, 0) is 44.8 Å². The van der Waals surface area contributed by atoms with Crippen molar-refractivity contribution in [3.63, 3.8) is 0 Å². The monoisotopic (exact) mass is 396 g/mol. The number of likely N-dealkylation sites (tertiary alicyclic amines) is 1. The zero-order chi connectivity index (χ0) is 20.1. The maximum Gasteiger partial charge on any atom is 0.251 e. The van der Waals surface area contributed by atoms with E-state index in [0.29, 0.717) is 11.7 Å². The number of hydrogen-bond donors (Lipinski definition) is 1. The van der Waals surface area contributed by atoms with Gasteiger partial charge in [0.25, 0.3) is 5.56 Å². The van der Waals surface area contributed by atoms with Crippen molar-refractivity contribution in [3.8, 4) is 0 Å². The molecule has 29 heavy (non-hydrogen) atoms. The fourth-order valence-electron chi connectivity index (χ4n) is 4.58. The zero-order valence-corrected chi connectivity index (χ0v) is 17.3. The van der Waals surface area contributed by atoms with Crippen LogP contribution in [0.5, 0.6) is 0 Å². The van der Waals surface area contributed by atoms with Crippen LogP contribution in [0.2, 0.25) is 0 Å². The van der Waals surface area contributed by atoms with Gasteiger partial charge in [-0.1, -0.05) is 30.3 Å². The van der Waals surface area contributed by atoms with E-state index in [1.54, 1.807) is 6.07 Å². The highest BCUT2D eigenvalue weighted by molar-refractivity contribution is 5.14. The van der Waals surface area contributed by atoms with Crippen LogP contribution in [0.15, 0.2) is 41.2 Å². The maximum atomic E-state index is 11.7. The summed E-state index contributed by atoms with van der Waals surface area (Å²) in [6.07, 6.45) is 3.46. The molecule has 1 unspecified atom stereocenters. The molecule has 1 aromatic heterocycles.